The molecule has 2 unspecified atom stereocenters. The molecule has 20 heavy (non-hydrogen) atoms. The van der Waals surface area contributed by atoms with E-state index in [0.29, 0.717) is 22.9 Å². The number of likely N-dealkylation sites (tertiary alicyclic amines) is 1. The number of carboxylic acids is 1. The van der Waals surface area contributed by atoms with Crippen molar-refractivity contribution >= 4 is 23.5 Å². The summed E-state index contributed by atoms with van der Waals surface area (Å²) in [4.78, 5) is 25.1. The minimum absolute atomic E-state index is 0.0679. The Kier molecular flexibility index (Phi) is 4.18. The summed E-state index contributed by atoms with van der Waals surface area (Å²) in [6, 6.07) is 4.81. The van der Waals surface area contributed by atoms with Gasteiger partial charge >= 0.3 is 5.97 Å². The molecule has 0 aromatic heterocycles. The molecule has 108 valence electrons. The largest absolute Gasteiger partial charge is 0.496 e. The Bertz CT molecular complexity index is 546. The standard InChI is InChI=1S/C14H16ClNO4/c1-8-6-16(7-11(8)14(18)19)13(17)10-5-9(15)3-4-12(10)20-2/h3-5,8,11H,6-7H2,1-2H3,(H,18,19). The van der Waals surface area contributed by atoms with Gasteiger partial charge in [-0.05, 0) is 24.1 Å². The van der Waals surface area contributed by atoms with Gasteiger partial charge in [-0.15, -0.1) is 0 Å². The van der Waals surface area contributed by atoms with Gasteiger partial charge in [0.2, 0.25) is 0 Å². The van der Waals surface area contributed by atoms with Gasteiger partial charge in [0.05, 0.1) is 18.6 Å². The number of carbonyl (C=O) groups excluding carboxylic acids is 1. The third kappa shape index (κ3) is 2.72. The highest BCUT2D eigenvalue weighted by atomic mass is 35.5. The normalized spacial score (nSPS) is 21.9. The second kappa shape index (κ2) is 5.71. The lowest BCUT2D eigenvalue weighted by Gasteiger charge is -2.17. The van der Waals surface area contributed by atoms with Gasteiger partial charge in [-0.25, -0.2) is 0 Å². The van der Waals surface area contributed by atoms with Crippen LogP contribution in [0.4, 0.5) is 0 Å². The highest BCUT2D eigenvalue weighted by molar-refractivity contribution is 6.31. The quantitative estimate of drug-likeness (QED) is 0.928. The highest BCUT2D eigenvalue weighted by Crippen LogP contribution is 2.29. The van der Waals surface area contributed by atoms with Crippen molar-refractivity contribution in [2.24, 2.45) is 11.8 Å². The van der Waals surface area contributed by atoms with Crippen LogP contribution in [0.3, 0.4) is 0 Å². The summed E-state index contributed by atoms with van der Waals surface area (Å²) in [5.74, 6) is -1.28. The molecule has 1 aliphatic heterocycles. The molecule has 2 rings (SSSR count). The van der Waals surface area contributed by atoms with E-state index in [1.807, 2.05) is 6.92 Å². The number of hydrogen-bond donors (Lipinski definition) is 1. The van der Waals surface area contributed by atoms with Gasteiger partial charge in [0.1, 0.15) is 5.75 Å². The maximum Gasteiger partial charge on any atom is 0.308 e. The van der Waals surface area contributed by atoms with Crippen LogP contribution >= 0.6 is 11.6 Å². The van der Waals surface area contributed by atoms with Crippen LogP contribution in [0, 0.1) is 11.8 Å². The average Bonchev–Trinajstić information content (AvgIpc) is 2.80. The predicted molar refractivity (Wildman–Crippen MR) is 74.2 cm³/mol. The van der Waals surface area contributed by atoms with Gasteiger partial charge in [-0.2, -0.15) is 0 Å². The summed E-state index contributed by atoms with van der Waals surface area (Å²) in [5, 5.41) is 9.56. The van der Waals surface area contributed by atoms with Gasteiger partial charge in [0.25, 0.3) is 5.91 Å². The predicted octanol–water partition coefficient (Wildman–Crippen LogP) is 2.14. The Labute approximate surface area is 122 Å². The zero-order valence-electron chi connectivity index (χ0n) is 11.3. The number of aliphatic carboxylic acids is 1. The molecular formula is C14H16ClNO4. The number of carboxylic acid groups (broad SMARTS) is 1. The zero-order valence-corrected chi connectivity index (χ0v) is 12.1. The zero-order chi connectivity index (χ0) is 14.9. The first-order chi connectivity index (χ1) is 9.43. The third-order valence-electron chi connectivity index (χ3n) is 3.61. The first-order valence-corrected chi connectivity index (χ1v) is 6.67. The van der Waals surface area contributed by atoms with E-state index in [1.54, 1.807) is 18.2 Å². The van der Waals surface area contributed by atoms with Gasteiger partial charge in [-0.1, -0.05) is 18.5 Å². The first kappa shape index (κ1) is 14.7. The second-order valence-corrected chi connectivity index (χ2v) is 5.41. The molecular weight excluding hydrogens is 282 g/mol. The van der Waals surface area contributed by atoms with Crippen molar-refractivity contribution in [3.8, 4) is 5.75 Å². The maximum atomic E-state index is 12.5. The summed E-state index contributed by atoms with van der Waals surface area (Å²) in [6.45, 7) is 2.47. The molecule has 1 aromatic carbocycles. The minimum atomic E-state index is -0.870. The number of methoxy groups -OCH3 is 1. The van der Waals surface area contributed by atoms with E-state index in [1.165, 1.54) is 12.0 Å². The fourth-order valence-electron chi connectivity index (χ4n) is 2.47. The number of hydrogen-bond acceptors (Lipinski definition) is 3. The Balaban J connectivity index is 2.25. The molecule has 2 atom stereocenters. The fraction of sp³-hybridized carbons (Fsp3) is 0.429. The van der Waals surface area contributed by atoms with E-state index in [0.717, 1.165) is 0 Å². The summed E-state index contributed by atoms with van der Waals surface area (Å²) in [6.07, 6.45) is 0. The Morgan fingerprint density at radius 2 is 2.10 bits per heavy atom. The lowest BCUT2D eigenvalue weighted by Crippen LogP contribution is -2.30. The second-order valence-electron chi connectivity index (χ2n) is 4.98. The van der Waals surface area contributed by atoms with Crippen LogP contribution in [-0.4, -0.2) is 42.1 Å². The fourth-order valence-corrected chi connectivity index (χ4v) is 2.64. The van der Waals surface area contributed by atoms with Crippen molar-refractivity contribution in [3.63, 3.8) is 0 Å². The molecule has 0 radical (unpaired) electrons. The molecule has 1 heterocycles. The number of amides is 1. The van der Waals surface area contributed by atoms with Crippen molar-refractivity contribution in [3.05, 3.63) is 28.8 Å². The van der Waals surface area contributed by atoms with Crippen molar-refractivity contribution in [2.45, 2.75) is 6.92 Å². The summed E-state index contributed by atoms with van der Waals surface area (Å²) in [5.41, 5.74) is 0.359. The van der Waals surface area contributed by atoms with Gasteiger partial charge in [0.15, 0.2) is 0 Å². The smallest absolute Gasteiger partial charge is 0.308 e. The summed E-state index contributed by atoms with van der Waals surface area (Å²) in [7, 11) is 1.48. The molecule has 0 aliphatic carbocycles. The number of carbonyl (C=O) groups is 2. The van der Waals surface area contributed by atoms with E-state index in [9.17, 15) is 9.59 Å². The number of nitrogens with zero attached hydrogens (tertiary/aromatic N) is 1. The van der Waals surface area contributed by atoms with Crippen LogP contribution in [0.25, 0.3) is 0 Å². The highest BCUT2D eigenvalue weighted by Gasteiger charge is 2.37. The lowest BCUT2D eigenvalue weighted by molar-refractivity contribution is -0.142. The monoisotopic (exact) mass is 297 g/mol. The van der Waals surface area contributed by atoms with Crippen molar-refractivity contribution in [2.75, 3.05) is 20.2 Å². The molecule has 0 spiro atoms. The summed E-state index contributed by atoms with van der Waals surface area (Å²) < 4.78 is 5.16. The van der Waals surface area contributed by atoms with E-state index < -0.39 is 11.9 Å². The first-order valence-electron chi connectivity index (χ1n) is 6.29. The van der Waals surface area contributed by atoms with Crippen molar-refractivity contribution in [1.29, 1.82) is 0 Å². The van der Waals surface area contributed by atoms with Gasteiger partial charge in [0, 0.05) is 18.1 Å². The van der Waals surface area contributed by atoms with Crippen LogP contribution in [0.5, 0.6) is 5.75 Å². The molecule has 1 amide bonds. The molecule has 5 nitrogen and oxygen atoms in total. The number of benzene rings is 1. The maximum absolute atomic E-state index is 12.5. The van der Waals surface area contributed by atoms with Gasteiger partial charge < -0.3 is 14.7 Å². The molecule has 0 saturated carbocycles. The topological polar surface area (TPSA) is 66.8 Å². The average molecular weight is 298 g/mol. The Morgan fingerprint density at radius 1 is 1.40 bits per heavy atom. The molecule has 1 N–H and O–H groups in total. The van der Waals surface area contributed by atoms with Crippen LogP contribution in [0.1, 0.15) is 17.3 Å². The molecule has 1 aliphatic rings. The Hall–Kier alpha value is -1.75. The minimum Gasteiger partial charge on any atom is -0.496 e. The molecule has 1 aromatic rings. The Morgan fingerprint density at radius 3 is 2.65 bits per heavy atom. The van der Waals surface area contributed by atoms with Crippen molar-refractivity contribution in [1.82, 2.24) is 4.90 Å². The molecule has 6 heteroatoms. The van der Waals surface area contributed by atoms with Crippen molar-refractivity contribution < 1.29 is 19.4 Å². The number of ether oxygens (including phenoxy) is 1. The van der Waals surface area contributed by atoms with E-state index in [2.05, 4.69) is 0 Å². The van der Waals surface area contributed by atoms with Crippen LogP contribution in [0.2, 0.25) is 5.02 Å². The van der Waals surface area contributed by atoms with Crippen LogP contribution in [0.15, 0.2) is 18.2 Å². The van der Waals surface area contributed by atoms with Crippen LogP contribution in [-0.2, 0) is 4.79 Å². The molecule has 1 fully saturated rings. The van der Waals surface area contributed by atoms with Crippen LogP contribution < -0.4 is 4.74 Å². The van der Waals surface area contributed by atoms with E-state index in [-0.39, 0.29) is 18.4 Å². The van der Waals surface area contributed by atoms with Gasteiger partial charge in [-0.3, -0.25) is 9.59 Å². The third-order valence-corrected chi connectivity index (χ3v) is 3.84. The van der Waals surface area contributed by atoms with E-state index in [4.69, 9.17) is 21.4 Å². The molecule has 0 bridgehead atoms. The summed E-state index contributed by atoms with van der Waals surface area (Å²) >= 11 is 5.91. The van der Waals surface area contributed by atoms with E-state index >= 15 is 0 Å². The number of rotatable bonds is 3. The SMILES string of the molecule is COc1ccc(Cl)cc1C(=O)N1CC(C)C(C(=O)O)C1. The lowest BCUT2D eigenvalue weighted by atomic mass is 9.99. The molecule has 1 saturated heterocycles. The number of halogens is 1.